The number of thiazole rings is 1. The minimum atomic E-state index is -0.701. The summed E-state index contributed by atoms with van der Waals surface area (Å²) in [5.41, 5.74) is 6.76. The van der Waals surface area contributed by atoms with E-state index in [1.807, 2.05) is 38.3 Å². The van der Waals surface area contributed by atoms with E-state index in [0.29, 0.717) is 5.69 Å². The van der Waals surface area contributed by atoms with Crippen LogP contribution in [0.2, 0.25) is 0 Å². The summed E-state index contributed by atoms with van der Waals surface area (Å²) in [5, 5.41) is 5.36. The standard InChI is InChI=1S/C15H20N4O2S2/c1-4-8(2)12(19-14(16)21)13(20)17-9-5-6-10-11(7-9)23-15(18-10)22-3/h5-8,12H,4H2,1-3H3,(H,17,20)(H3,16,19,21). The van der Waals surface area contributed by atoms with Gasteiger partial charge in [0.15, 0.2) is 4.34 Å². The first kappa shape index (κ1) is 17.6. The monoisotopic (exact) mass is 352 g/mol. The molecule has 1 aromatic heterocycles. The maximum Gasteiger partial charge on any atom is 0.312 e. The van der Waals surface area contributed by atoms with Crippen LogP contribution in [0.4, 0.5) is 10.5 Å². The van der Waals surface area contributed by atoms with Gasteiger partial charge in [-0.25, -0.2) is 9.78 Å². The predicted molar refractivity (Wildman–Crippen MR) is 96.0 cm³/mol. The Balaban J connectivity index is 2.18. The van der Waals surface area contributed by atoms with Gasteiger partial charge >= 0.3 is 6.03 Å². The molecule has 3 amide bonds. The molecule has 1 heterocycles. The average molecular weight is 352 g/mol. The first-order valence-corrected chi connectivity index (χ1v) is 9.30. The molecular formula is C15H20N4O2S2. The molecule has 0 fully saturated rings. The lowest BCUT2D eigenvalue weighted by Gasteiger charge is -2.22. The second kappa shape index (κ2) is 7.65. The number of nitrogens with two attached hydrogens (primary N) is 1. The second-order valence-corrected chi connectivity index (χ2v) is 7.31. The molecule has 2 unspecified atom stereocenters. The summed E-state index contributed by atoms with van der Waals surface area (Å²) in [5.74, 6) is -0.287. The highest BCUT2D eigenvalue weighted by atomic mass is 32.2. The topological polar surface area (TPSA) is 97.1 Å². The number of fused-ring (bicyclic) bond motifs is 1. The molecule has 23 heavy (non-hydrogen) atoms. The highest BCUT2D eigenvalue weighted by Gasteiger charge is 2.25. The van der Waals surface area contributed by atoms with Gasteiger partial charge in [0.1, 0.15) is 6.04 Å². The molecule has 0 radical (unpaired) electrons. The Bertz CT molecular complexity index is 717. The van der Waals surface area contributed by atoms with Crippen LogP contribution in [0.15, 0.2) is 22.5 Å². The molecule has 2 aromatic rings. The van der Waals surface area contributed by atoms with Crippen molar-refractivity contribution in [2.24, 2.45) is 11.7 Å². The number of hydrogen-bond acceptors (Lipinski definition) is 5. The van der Waals surface area contributed by atoms with Gasteiger partial charge in [0.05, 0.1) is 10.2 Å². The van der Waals surface area contributed by atoms with Crippen molar-refractivity contribution in [3.8, 4) is 0 Å². The van der Waals surface area contributed by atoms with Crippen molar-refractivity contribution >= 4 is 50.9 Å². The molecule has 0 aliphatic heterocycles. The van der Waals surface area contributed by atoms with Crippen LogP contribution in [0.5, 0.6) is 0 Å². The molecule has 2 atom stereocenters. The van der Waals surface area contributed by atoms with Crippen LogP contribution in [0.25, 0.3) is 10.2 Å². The van der Waals surface area contributed by atoms with Crippen molar-refractivity contribution in [3.05, 3.63) is 18.2 Å². The van der Waals surface area contributed by atoms with Crippen molar-refractivity contribution in [2.75, 3.05) is 11.6 Å². The van der Waals surface area contributed by atoms with Crippen molar-refractivity contribution in [1.82, 2.24) is 10.3 Å². The van der Waals surface area contributed by atoms with Gasteiger partial charge in [0.2, 0.25) is 5.91 Å². The second-order valence-electron chi connectivity index (χ2n) is 5.23. The van der Waals surface area contributed by atoms with Crippen LogP contribution in [-0.2, 0) is 4.79 Å². The van der Waals surface area contributed by atoms with Gasteiger partial charge in [-0.15, -0.1) is 11.3 Å². The summed E-state index contributed by atoms with van der Waals surface area (Å²) in [6, 6.07) is 4.22. The van der Waals surface area contributed by atoms with Gasteiger partial charge in [-0.3, -0.25) is 4.79 Å². The molecule has 8 heteroatoms. The fourth-order valence-electron chi connectivity index (χ4n) is 2.14. The van der Waals surface area contributed by atoms with E-state index in [9.17, 15) is 9.59 Å². The Morgan fingerprint density at radius 2 is 2.17 bits per heavy atom. The van der Waals surface area contributed by atoms with Crippen molar-refractivity contribution < 1.29 is 9.59 Å². The van der Waals surface area contributed by atoms with E-state index >= 15 is 0 Å². The highest BCUT2D eigenvalue weighted by Crippen LogP contribution is 2.30. The minimum absolute atomic E-state index is 0.0160. The number of nitrogens with one attached hydrogen (secondary N) is 2. The summed E-state index contributed by atoms with van der Waals surface area (Å²) in [6.07, 6.45) is 2.73. The first-order chi connectivity index (χ1) is 10.9. The third kappa shape index (κ3) is 4.35. The summed E-state index contributed by atoms with van der Waals surface area (Å²) < 4.78 is 1.99. The largest absolute Gasteiger partial charge is 0.352 e. The molecule has 0 aliphatic carbocycles. The normalized spacial score (nSPS) is 13.5. The number of thioether (sulfide) groups is 1. The van der Waals surface area contributed by atoms with Gasteiger partial charge in [-0.05, 0) is 30.4 Å². The number of carbonyl (C=O) groups excluding carboxylic acids is 2. The van der Waals surface area contributed by atoms with Crippen LogP contribution < -0.4 is 16.4 Å². The van der Waals surface area contributed by atoms with E-state index < -0.39 is 12.1 Å². The Morgan fingerprint density at radius 3 is 2.78 bits per heavy atom. The molecule has 2 rings (SSSR count). The Hall–Kier alpha value is -1.80. The van der Waals surface area contributed by atoms with E-state index in [4.69, 9.17) is 5.73 Å². The molecule has 0 bridgehead atoms. The predicted octanol–water partition coefficient (Wildman–Crippen LogP) is 3.04. The number of aromatic nitrogens is 1. The fourth-order valence-corrected chi connectivity index (χ4v) is 3.67. The van der Waals surface area contributed by atoms with Crippen LogP contribution in [0, 0.1) is 5.92 Å². The molecule has 0 aliphatic rings. The Labute approximate surface area is 143 Å². The average Bonchev–Trinajstić information content (AvgIpc) is 2.93. The van der Waals surface area contributed by atoms with Crippen molar-refractivity contribution in [1.29, 1.82) is 0 Å². The third-order valence-electron chi connectivity index (χ3n) is 3.60. The van der Waals surface area contributed by atoms with Gasteiger partial charge in [-0.1, -0.05) is 32.0 Å². The van der Waals surface area contributed by atoms with Crippen LogP contribution in [-0.4, -0.2) is 29.2 Å². The molecule has 0 saturated heterocycles. The lowest BCUT2D eigenvalue weighted by molar-refractivity contribution is -0.119. The van der Waals surface area contributed by atoms with E-state index in [-0.39, 0.29) is 11.8 Å². The molecule has 1 aromatic carbocycles. The number of carbonyl (C=O) groups is 2. The smallest absolute Gasteiger partial charge is 0.312 e. The zero-order valence-electron chi connectivity index (χ0n) is 13.3. The van der Waals surface area contributed by atoms with Gasteiger partial charge in [-0.2, -0.15) is 0 Å². The van der Waals surface area contributed by atoms with Crippen LogP contribution >= 0.6 is 23.1 Å². The van der Waals surface area contributed by atoms with E-state index in [0.717, 1.165) is 21.0 Å². The molecule has 0 spiro atoms. The van der Waals surface area contributed by atoms with Gasteiger partial charge in [0, 0.05) is 5.69 Å². The molecule has 4 N–H and O–H groups in total. The van der Waals surface area contributed by atoms with Crippen molar-refractivity contribution in [3.63, 3.8) is 0 Å². The number of anilines is 1. The number of benzene rings is 1. The first-order valence-electron chi connectivity index (χ1n) is 7.26. The lowest BCUT2D eigenvalue weighted by Crippen LogP contribution is -2.49. The molecule has 6 nitrogen and oxygen atoms in total. The number of amides is 3. The van der Waals surface area contributed by atoms with Gasteiger partial charge in [0.25, 0.3) is 0 Å². The zero-order valence-corrected chi connectivity index (χ0v) is 14.9. The Kier molecular flexibility index (Phi) is 5.84. The van der Waals surface area contributed by atoms with E-state index in [1.165, 1.54) is 0 Å². The number of nitrogens with zero attached hydrogens (tertiary/aromatic N) is 1. The quantitative estimate of drug-likeness (QED) is 0.696. The van der Waals surface area contributed by atoms with Gasteiger partial charge < -0.3 is 16.4 Å². The maximum atomic E-state index is 12.4. The SMILES string of the molecule is CCC(C)C(NC(N)=O)C(=O)Nc1ccc2nc(SC)sc2c1. The lowest BCUT2D eigenvalue weighted by atomic mass is 9.98. The van der Waals surface area contributed by atoms with E-state index in [2.05, 4.69) is 15.6 Å². The van der Waals surface area contributed by atoms with Crippen LogP contribution in [0.3, 0.4) is 0 Å². The number of hydrogen-bond donors (Lipinski definition) is 3. The zero-order chi connectivity index (χ0) is 17.0. The summed E-state index contributed by atoms with van der Waals surface area (Å²) in [7, 11) is 0. The number of primary amides is 1. The number of urea groups is 1. The minimum Gasteiger partial charge on any atom is -0.352 e. The number of rotatable bonds is 6. The van der Waals surface area contributed by atoms with E-state index in [1.54, 1.807) is 23.1 Å². The summed E-state index contributed by atoms with van der Waals surface area (Å²) in [4.78, 5) is 28.0. The van der Waals surface area contributed by atoms with Crippen molar-refractivity contribution in [2.45, 2.75) is 30.6 Å². The summed E-state index contributed by atoms with van der Waals surface area (Å²) in [6.45, 7) is 3.86. The molecule has 0 saturated carbocycles. The highest BCUT2D eigenvalue weighted by molar-refractivity contribution is 8.00. The molecular weight excluding hydrogens is 332 g/mol. The maximum absolute atomic E-state index is 12.4. The van der Waals surface area contributed by atoms with Crippen LogP contribution in [0.1, 0.15) is 20.3 Å². The third-order valence-corrected chi connectivity index (χ3v) is 5.61. The Morgan fingerprint density at radius 1 is 1.43 bits per heavy atom. The molecule has 124 valence electrons. The summed E-state index contributed by atoms with van der Waals surface area (Å²) >= 11 is 3.17. The fraction of sp³-hybridized carbons (Fsp3) is 0.400.